The van der Waals surface area contributed by atoms with Crippen LogP contribution < -0.4 is 4.74 Å². The Labute approximate surface area is 85.1 Å². The lowest BCUT2D eigenvalue weighted by molar-refractivity contribution is 0.301. The van der Waals surface area contributed by atoms with Crippen molar-refractivity contribution in [3.8, 4) is 5.75 Å². The molecule has 0 saturated heterocycles. The van der Waals surface area contributed by atoms with E-state index in [1.165, 1.54) is 6.07 Å². The van der Waals surface area contributed by atoms with Gasteiger partial charge in [-0.25, -0.2) is 4.39 Å². The Bertz CT molecular complexity index is 263. The third-order valence-electron chi connectivity index (χ3n) is 1.35. The summed E-state index contributed by atoms with van der Waals surface area (Å²) < 4.78 is 19.1. The Kier molecular flexibility index (Phi) is 3.78. The highest BCUT2D eigenvalue weighted by molar-refractivity contribution is 14.1. The van der Waals surface area contributed by atoms with Gasteiger partial charge in [0, 0.05) is 3.57 Å². The minimum Gasteiger partial charge on any atom is -0.490 e. The van der Waals surface area contributed by atoms with Gasteiger partial charge in [-0.2, -0.15) is 0 Å². The van der Waals surface area contributed by atoms with Crippen molar-refractivity contribution in [2.45, 2.75) is 13.3 Å². The Morgan fingerprint density at radius 1 is 1.50 bits per heavy atom. The van der Waals surface area contributed by atoms with Crippen LogP contribution in [0.15, 0.2) is 18.2 Å². The Hall–Kier alpha value is -0.320. The molecule has 1 aromatic carbocycles. The molecule has 66 valence electrons. The van der Waals surface area contributed by atoms with Crippen molar-refractivity contribution < 1.29 is 9.13 Å². The predicted octanol–water partition coefficient (Wildman–Crippen LogP) is 3.22. The van der Waals surface area contributed by atoms with Crippen molar-refractivity contribution >= 4 is 22.6 Å². The smallest absolute Gasteiger partial charge is 0.165 e. The molecule has 0 aliphatic carbocycles. The second-order valence-corrected chi connectivity index (χ2v) is 3.67. The van der Waals surface area contributed by atoms with Crippen molar-refractivity contribution in [3.63, 3.8) is 0 Å². The van der Waals surface area contributed by atoms with Gasteiger partial charge in [-0.3, -0.25) is 0 Å². The summed E-state index contributed by atoms with van der Waals surface area (Å²) in [7, 11) is 0. The third-order valence-corrected chi connectivity index (χ3v) is 2.03. The zero-order chi connectivity index (χ0) is 8.97. The molecule has 12 heavy (non-hydrogen) atoms. The number of benzene rings is 1. The molecule has 0 aliphatic rings. The van der Waals surface area contributed by atoms with Crippen LogP contribution in [0.25, 0.3) is 0 Å². The van der Waals surface area contributed by atoms with Gasteiger partial charge in [-0.05, 0) is 47.2 Å². The molecule has 1 nitrogen and oxygen atoms in total. The van der Waals surface area contributed by atoms with E-state index in [9.17, 15) is 4.39 Å². The van der Waals surface area contributed by atoms with Crippen LogP contribution in [0.5, 0.6) is 5.75 Å². The second-order valence-electron chi connectivity index (χ2n) is 2.42. The lowest BCUT2D eigenvalue weighted by Crippen LogP contribution is -1.97. The average Bonchev–Trinajstić information content (AvgIpc) is 2.07. The summed E-state index contributed by atoms with van der Waals surface area (Å²) in [5.74, 6) is 0.0626. The molecule has 0 bridgehead atoms. The lowest BCUT2D eigenvalue weighted by atomic mass is 10.3. The van der Waals surface area contributed by atoms with Gasteiger partial charge >= 0.3 is 0 Å². The van der Waals surface area contributed by atoms with Crippen molar-refractivity contribution in [2.75, 3.05) is 6.61 Å². The van der Waals surface area contributed by atoms with E-state index < -0.39 is 0 Å². The Morgan fingerprint density at radius 2 is 2.25 bits per heavy atom. The van der Waals surface area contributed by atoms with E-state index in [4.69, 9.17) is 4.74 Å². The first kappa shape index (κ1) is 9.77. The van der Waals surface area contributed by atoms with Gasteiger partial charge in [0.2, 0.25) is 0 Å². The summed E-state index contributed by atoms with van der Waals surface area (Å²) in [6.45, 7) is 2.56. The van der Waals surface area contributed by atoms with E-state index in [1.54, 1.807) is 12.1 Å². The summed E-state index contributed by atoms with van der Waals surface area (Å²) in [5.41, 5.74) is 0. The topological polar surface area (TPSA) is 9.23 Å². The van der Waals surface area contributed by atoms with Crippen LogP contribution in [-0.4, -0.2) is 6.61 Å². The monoisotopic (exact) mass is 280 g/mol. The number of rotatable bonds is 3. The number of hydrogen-bond acceptors (Lipinski definition) is 1. The average molecular weight is 280 g/mol. The molecule has 0 radical (unpaired) electrons. The maximum Gasteiger partial charge on any atom is 0.165 e. The maximum atomic E-state index is 13.0. The zero-order valence-corrected chi connectivity index (χ0v) is 8.97. The first-order valence-electron chi connectivity index (χ1n) is 3.82. The van der Waals surface area contributed by atoms with Crippen molar-refractivity contribution in [3.05, 3.63) is 27.6 Å². The van der Waals surface area contributed by atoms with Crippen LogP contribution in [0.3, 0.4) is 0 Å². The van der Waals surface area contributed by atoms with Crippen LogP contribution in [0, 0.1) is 9.39 Å². The number of halogens is 2. The molecule has 0 spiro atoms. The molecule has 0 amide bonds. The molecule has 0 heterocycles. The molecule has 1 aromatic rings. The van der Waals surface area contributed by atoms with E-state index in [0.717, 1.165) is 9.99 Å². The lowest BCUT2D eigenvalue weighted by Gasteiger charge is -2.05. The highest BCUT2D eigenvalue weighted by Gasteiger charge is 2.02. The molecule has 0 aromatic heterocycles. The molecular formula is C9H10FIO. The summed E-state index contributed by atoms with van der Waals surface area (Å²) in [6.07, 6.45) is 0.894. The van der Waals surface area contributed by atoms with Gasteiger partial charge < -0.3 is 4.74 Å². The standard InChI is InChI=1S/C9H10FIO/c1-2-5-12-9-6-7(11)3-4-8(9)10/h3-4,6H,2,5H2,1H3. The van der Waals surface area contributed by atoms with Crippen molar-refractivity contribution in [2.24, 2.45) is 0 Å². The van der Waals surface area contributed by atoms with Crippen molar-refractivity contribution in [1.29, 1.82) is 0 Å². The minimum absolute atomic E-state index is 0.288. The fourth-order valence-electron chi connectivity index (χ4n) is 0.800. The summed E-state index contributed by atoms with van der Waals surface area (Å²) in [4.78, 5) is 0. The van der Waals surface area contributed by atoms with E-state index in [-0.39, 0.29) is 5.82 Å². The Balaban J connectivity index is 2.75. The van der Waals surface area contributed by atoms with Crippen LogP contribution in [0.1, 0.15) is 13.3 Å². The third kappa shape index (κ3) is 2.62. The molecule has 3 heteroatoms. The number of ether oxygens (including phenoxy) is 1. The van der Waals surface area contributed by atoms with Gasteiger partial charge in [0.25, 0.3) is 0 Å². The fraction of sp³-hybridized carbons (Fsp3) is 0.333. The molecular weight excluding hydrogens is 270 g/mol. The SMILES string of the molecule is CCCOc1cc(I)ccc1F. The minimum atomic E-state index is -0.288. The van der Waals surface area contributed by atoms with Gasteiger partial charge in [-0.1, -0.05) is 6.92 Å². The molecule has 0 fully saturated rings. The van der Waals surface area contributed by atoms with Gasteiger partial charge in [-0.15, -0.1) is 0 Å². The molecule has 0 atom stereocenters. The molecule has 0 saturated carbocycles. The first-order valence-corrected chi connectivity index (χ1v) is 4.89. The molecule has 0 aliphatic heterocycles. The fourth-order valence-corrected chi connectivity index (χ4v) is 1.26. The summed E-state index contributed by atoms with van der Waals surface area (Å²) >= 11 is 2.13. The van der Waals surface area contributed by atoms with Crippen LogP contribution in [-0.2, 0) is 0 Å². The predicted molar refractivity (Wildman–Crippen MR) is 54.9 cm³/mol. The second kappa shape index (κ2) is 4.64. The first-order chi connectivity index (χ1) is 5.74. The normalized spacial score (nSPS) is 9.92. The highest BCUT2D eigenvalue weighted by Crippen LogP contribution is 2.19. The van der Waals surface area contributed by atoms with Gasteiger partial charge in [0.1, 0.15) is 0 Å². The largest absolute Gasteiger partial charge is 0.490 e. The highest BCUT2D eigenvalue weighted by atomic mass is 127. The summed E-state index contributed by atoms with van der Waals surface area (Å²) in [6, 6.07) is 4.84. The van der Waals surface area contributed by atoms with E-state index >= 15 is 0 Å². The maximum absolute atomic E-state index is 13.0. The van der Waals surface area contributed by atoms with E-state index in [2.05, 4.69) is 22.6 Å². The number of hydrogen-bond donors (Lipinski definition) is 0. The summed E-state index contributed by atoms with van der Waals surface area (Å²) in [5, 5.41) is 0. The van der Waals surface area contributed by atoms with Crippen LogP contribution in [0.4, 0.5) is 4.39 Å². The van der Waals surface area contributed by atoms with Crippen LogP contribution >= 0.6 is 22.6 Å². The Morgan fingerprint density at radius 3 is 2.92 bits per heavy atom. The van der Waals surface area contributed by atoms with E-state index in [0.29, 0.717) is 12.4 Å². The molecule has 0 unspecified atom stereocenters. The molecule has 0 N–H and O–H groups in total. The van der Waals surface area contributed by atoms with Gasteiger partial charge in [0.15, 0.2) is 11.6 Å². The molecule has 1 rings (SSSR count). The van der Waals surface area contributed by atoms with Crippen molar-refractivity contribution in [1.82, 2.24) is 0 Å². The van der Waals surface area contributed by atoms with Gasteiger partial charge in [0.05, 0.1) is 6.61 Å². The quantitative estimate of drug-likeness (QED) is 0.772. The zero-order valence-electron chi connectivity index (χ0n) is 6.81. The van der Waals surface area contributed by atoms with Crippen LogP contribution in [0.2, 0.25) is 0 Å². The van der Waals surface area contributed by atoms with E-state index in [1.807, 2.05) is 6.92 Å².